The number of para-hydroxylation sites is 1. The smallest absolute Gasteiger partial charge is 0.341 e. The molecule has 1 aliphatic rings. The second-order valence-electron chi connectivity index (χ2n) is 7.57. The Bertz CT molecular complexity index is 1370. The van der Waals surface area contributed by atoms with E-state index in [0.29, 0.717) is 33.8 Å². The van der Waals surface area contributed by atoms with E-state index in [1.165, 1.54) is 11.8 Å². The average molecular weight is 551 g/mol. The van der Waals surface area contributed by atoms with Crippen LogP contribution in [-0.2, 0) is 10.5 Å². The molecular weight excluding hydrogens is 532 g/mol. The number of rotatable bonds is 7. The molecule has 0 aliphatic carbocycles. The number of hydrogen-bond donors (Lipinski definition) is 2. The van der Waals surface area contributed by atoms with Crippen molar-refractivity contribution in [2.75, 3.05) is 11.9 Å². The van der Waals surface area contributed by atoms with Gasteiger partial charge in [-0.1, -0.05) is 76.2 Å². The summed E-state index contributed by atoms with van der Waals surface area (Å²) in [6.45, 7) is -0.474. The Kier molecular flexibility index (Phi) is 6.82. The second-order valence-corrected chi connectivity index (χ2v) is 9.43. The standard InChI is InChI=1S/C25H19BrN4O4S/c26-16-10-11-20(33-13-21(31)32)18(12-16)23-27-19-9-5-4-8-17(19)22-24(34-23)28-25(30-29-22)35-14-15-6-2-1-3-7-15/h1-12,23,27H,13-14H2,(H,31,32)/t23-/m0/s1. The van der Waals surface area contributed by atoms with Crippen molar-refractivity contribution in [3.05, 3.63) is 88.4 Å². The van der Waals surface area contributed by atoms with Crippen molar-refractivity contribution in [1.82, 2.24) is 15.2 Å². The molecular formula is C25H19BrN4O4S. The molecule has 0 saturated heterocycles. The molecule has 0 radical (unpaired) electrons. The van der Waals surface area contributed by atoms with Crippen molar-refractivity contribution in [2.45, 2.75) is 17.1 Å². The van der Waals surface area contributed by atoms with Crippen molar-refractivity contribution >= 4 is 39.3 Å². The zero-order valence-electron chi connectivity index (χ0n) is 18.2. The number of anilines is 1. The monoisotopic (exact) mass is 550 g/mol. The van der Waals surface area contributed by atoms with E-state index in [2.05, 4.69) is 36.4 Å². The molecule has 10 heteroatoms. The van der Waals surface area contributed by atoms with Crippen LogP contribution in [0.5, 0.6) is 11.6 Å². The Morgan fingerprint density at radius 3 is 2.71 bits per heavy atom. The lowest BCUT2D eigenvalue weighted by molar-refractivity contribution is -0.139. The summed E-state index contributed by atoms with van der Waals surface area (Å²) in [6, 6.07) is 23.0. The quantitative estimate of drug-likeness (QED) is 0.286. The first-order valence-electron chi connectivity index (χ1n) is 10.6. The lowest BCUT2D eigenvalue weighted by atomic mass is 10.1. The van der Waals surface area contributed by atoms with Gasteiger partial charge in [-0.2, -0.15) is 4.98 Å². The maximum atomic E-state index is 11.1. The molecule has 0 spiro atoms. The SMILES string of the molecule is O=C(O)COc1ccc(Br)cc1[C@H]1Nc2ccccc2-c2nnc(SCc3ccccc3)nc2O1. The molecule has 8 nitrogen and oxygen atoms in total. The van der Waals surface area contributed by atoms with Gasteiger partial charge in [-0.15, -0.1) is 10.2 Å². The number of benzene rings is 3. The normalized spacial score (nSPS) is 14.0. The van der Waals surface area contributed by atoms with E-state index >= 15 is 0 Å². The summed E-state index contributed by atoms with van der Waals surface area (Å²) in [5.74, 6) is 0.330. The van der Waals surface area contributed by atoms with Crippen LogP contribution in [0.3, 0.4) is 0 Å². The van der Waals surface area contributed by atoms with Gasteiger partial charge in [0.25, 0.3) is 0 Å². The molecule has 0 fully saturated rings. The number of nitrogens with one attached hydrogen (secondary N) is 1. The van der Waals surface area contributed by atoms with E-state index in [4.69, 9.17) is 14.6 Å². The number of nitrogens with zero attached hydrogens (tertiary/aromatic N) is 3. The predicted octanol–water partition coefficient (Wildman–Crippen LogP) is 5.56. The second kappa shape index (κ2) is 10.3. The predicted molar refractivity (Wildman–Crippen MR) is 136 cm³/mol. The molecule has 4 aromatic rings. The van der Waals surface area contributed by atoms with E-state index in [9.17, 15) is 4.79 Å². The van der Waals surface area contributed by atoms with Crippen LogP contribution >= 0.6 is 27.7 Å². The highest BCUT2D eigenvalue weighted by molar-refractivity contribution is 9.10. The minimum absolute atomic E-state index is 0.321. The Hall–Kier alpha value is -3.63. The first kappa shape index (κ1) is 23.1. The maximum absolute atomic E-state index is 11.1. The van der Waals surface area contributed by atoms with Crippen LogP contribution in [0.4, 0.5) is 5.69 Å². The first-order chi connectivity index (χ1) is 17.1. The zero-order valence-corrected chi connectivity index (χ0v) is 20.6. The van der Waals surface area contributed by atoms with Gasteiger partial charge in [0.15, 0.2) is 12.3 Å². The minimum Gasteiger partial charge on any atom is -0.481 e. The van der Waals surface area contributed by atoms with Crippen molar-refractivity contribution in [3.63, 3.8) is 0 Å². The maximum Gasteiger partial charge on any atom is 0.341 e. The summed E-state index contributed by atoms with van der Waals surface area (Å²) in [7, 11) is 0. The largest absolute Gasteiger partial charge is 0.481 e. The molecule has 35 heavy (non-hydrogen) atoms. The van der Waals surface area contributed by atoms with Gasteiger partial charge in [0.1, 0.15) is 5.75 Å². The third-order valence-corrected chi connectivity index (χ3v) is 6.55. The van der Waals surface area contributed by atoms with Gasteiger partial charge in [-0.05, 0) is 29.8 Å². The Labute approximate surface area is 213 Å². The van der Waals surface area contributed by atoms with E-state index in [1.54, 1.807) is 12.1 Å². The number of halogens is 1. The topological polar surface area (TPSA) is 106 Å². The fourth-order valence-corrected chi connectivity index (χ4v) is 4.68. The number of fused-ring (bicyclic) bond motifs is 3. The van der Waals surface area contributed by atoms with Crippen molar-refractivity contribution in [2.24, 2.45) is 0 Å². The summed E-state index contributed by atoms with van der Waals surface area (Å²) in [4.78, 5) is 15.8. The molecule has 0 unspecified atom stereocenters. The van der Waals surface area contributed by atoms with Gasteiger partial charge in [0, 0.05) is 21.5 Å². The van der Waals surface area contributed by atoms with Crippen molar-refractivity contribution in [1.29, 1.82) is 0 Å². The summed E-state index contributed by atoms with van der Waals surface area (Å²) in [5.41, 5.74) is 3.85. The third kappa shape index (κ3) is 5.39. The summed E-state index contributed by atoms with van der Waals surface area (Å²) in [6.07, 6.45) is -0.720. The fourth-order valence-electron chi connectivity index (χ4n) is 3.57. The highest BCUT2D eigenvalue weighted by Gasteiger charge is 2.28. The van der Waals surface area contributed by atoms with Crippen LogP contribution in [0.2, 0.25) is 0 Å². The summed E-state index contributed by atoms with van der Waals surface area (Å²) < 4.78 is 12.7. The molecule has 1 atom stereocenters. The van der Waals surface area contributed by atoms with Crippen molar-refractivity contribution in [3.8, 4) is 22.9 Å². The van der Waals surface area contributed by atoms with Crippen LogP contribution in [-0.4, -0.2) is 32.9 Å². The number of thioether (sulfide) groups is 1. The van der Waals surface area contributed by atoms with Gasteiger partial charge in [-0.3, -0.25) is 0 Å². The van der Waals surface area contributed by atoms with E-state index in [0.717, 1.165) is 21.3 Å². The van der Waals surface area contributed by atoms with Gasteiger partial charge in [-0.25, -0.2) is 4.79 Å². The Morgan fingerprint density at radius 1 is 1.09 bits per heavy atom. The van der Waals surface area contributed by atoms with E-state index < -0.39 is 18.8 Å². The molecule has 1 aliphatic heterocycles. The number of aromatic nitrogens is 3. The lowest BCUT2D eigenvalue weighted by Crippen LogP contribution is -2.19. The van der Waals surface area contributed by atoms with Gasteiger partial charge < -0.3 is 19.9 Å². The molecule has 5 rings (SSSR count). The van der Waals surface area contributed by atoms with Gasteiger partial charge >= 0.3 is 5.97 Å². The van der Waals surface area contributed by atoms with E-state index in [1.807, 2.05) is 60.7 Å². The van der Waals surface area contributed by atoms with Gasteiger partial charge in [0.2, 0.25) is 17.3 Å². The van der Waals surface area contributed by atoms with Crippen LogP contribution in [0.1, 0.15) is 17.4 Å². The Balaban J connectivity index is 1.51. The molecule has 1 aromatic heterocycles. The summed E-state index contributed by atoms with van der Waals surface area (Å²) >= 11 is 4.95. The molecule has 2 N–H and O–H groups in total. The van der Waals surface area contributed by atoms with Crippen LogP contribution in [0.15, 0.2) is 82.4 Å². The zero-order chi connectivity index (χ0) is 24.2. The summed E-state index contributed by atoms with van der Waals surface area (Å²) in [5, 5.41) is 21.7. The first-order valence-corrected chi connectivity index (χ1v) is 12.4. The fraction of sp³-hybridized carbons (Fsp3) is 0.120. The van der Waals surface area contributed by atoms with E-state index in [-0.39, 0.29) is 0 Å². The van der Waals surface area contributed by atoms with Crippen LogP contribution < -0.4 is 14.8 Å². The number of hydrogen-bond acceptors (Lipinski definition) is 8. The molecule has 3 aromatic carbocycles. The minimum atomic E-state index is -1.07. The van der Waals surface area contributed by atoms with Gasteiger partial charge in [0.05, 0.1) is 5.56 Å². The number of carboxylic acids is 1. The average Bonchev–Trinajstić information content (AvgIpc) is 3.03. The Morgan fingerprint density at radius 2 is 1.89 bits per heavy atom. The van der Waals surface area contributed by atoms with Crippen molar-refractivity contribution < 1.29 is 19.4 Å². The third-order valence-electron chi connectivity index (χ3n) is 5.15. The number of carboxylic acid groups (broad SMARTS) is 1. The molecule has 0 bridgehead atoms. The lowest BCUT2D eigenvalue weighted by Gasteiger charge is -2.22. The molecule has 2 heterocycles. The van der Waals surface area contributed by atoms with Crippen LogP contribution in [0, 0.1) is 0 Å². The number of aliphatic carboxylic acids is 1. The highest BCUT2D eigenvalue weighted by atomic mass is 79.9. The van der Waals surface area contributed by atoms with Crippen LogP contribution in [0.25, 0.3) is 11.3 Å². The molecule has 176 valence electrons. The number of ether oxygens (including phenoxy) is 2. The molecule has 0 amide bonds. The number of carbonyl (C=O) groups is 1. The highest BCUT2D eigenvalue weighted by Crippen LogP contribution is 2.41. The molecule has 0 saturated carbocycles.